The minimum atomic E-state index is -1.44. The first-order valence-electron chi connectivity index (χ1n) is 5.65. The van der Waals surface area contributed by atoms with Crippen molar-refractivity contribution in [3.63, 3.8) is 0 Å². The largest absolute Gasteiger partial charge is 0.465 e. The lowest BCUT2D eigenvalue weighted by Crippen LogP contribution is -2.27. The first-order valence-corrected chi connectivity index (χ1v) is 6.03. The van der Waals surface area contributed by atoms with Gasteiger partial charge in [0.1, 0.15) is 0 Å². The number of pyridine rings is 1. The number of esters is 2. The predicted molar refractivity (Wildman–Crippen MR) is 65.2 cm³/mol. The Hall–Kier alpha value is -1.69. The SMILES string of the molecule is CCOC(=O)C(C(=O)OCC)c1cc(Cl)cc(F)n1. The quantitative estimate of drug-likeness (QED) is 0.472. The summed E-state index contributed by atoms with van der Waals surface area (Å²) in [6.07, 6.45) is 0. The summed E-state index contributed by atoms with van der Waals surface area (Å²) in [5.74, 6) is -4.03. The number of nitrogens with zero attached hydrogens (tertiary/aromatic N) is 1. The van der Waals surface area contributed by atoms with E-state index in [0.717, 1.165) is 6.07 Å². The van der Waals surface area contributed by atoms with Gasteiger partial charge in [-0.15, -0.1) is 0 Å². The first kappa shape index (κ1) is 15.4. The zero-order chi connectivity index (χ0) is 14.4. The van der Waals surface area contributed by atoms with Crippen LogP contribution >= 0.6 is 11.6 Å². The van der Waals surface area contributed by atoms with Crippen LogP contribution < -0.4 is 0 Å². The number of carbonyl (C=O) groups is 2. The number of hydrogen-bond donors (Lipinski definition) is 0. The Morgan fingerprint density at radius 2 is 1.79 bits per heavy atom. The highest BCUT2D eigenvalue weighted by atomic mass is 35.5. The molecule has 0 aliphatic rings. The molecule has 0 bridgehead atoms. The number of halogens is 2. The van der Waals surface area contributed by atoms with Gasteiger partial charge in [0.15, 0.2) is 5.92 Å². The van der Waals surface area contributed by atoms with Gasteiger partial charge in [-0.2, -0.15) is 4.39 Å². The van der Waals surface area contributed by atoms with Crippen molar-refractivity contribution in [1.82, 2.24) is 4.98 Å². The molecule has 0 N–H and O–H groups in total. The van der Waals surface area contributed by atoms with Crippen molar-refractivity contribution in [1.29, 1.82) is 0 Å². The molecule has 1 rings (SSSR count). The Balaban J connectivity index is 3.14. The zero-order valence-corrected chi connectivity index (χ0v) is 11.2. The normalized spacial score (nSPS) is 10.4. The number of rotatable bonds is 5. The Morgan fingerprint density at radius 3 is 2.21 bits per heavy atom. The topological polar surface area (TPSA) is 65.5 Å². The van der Waals surface area contributed by atoms with Crippen LogP contribution in [0, 0.1) is 5.95 Å². The molecule has 0 saturated heterocycles. The molecule has 0 fully saturated rings. The first-order chi connectivity index (χ1) is 8.99. The van der Waals surface area contributed by atoms with Crippen molar-refractivity contribution >= 4 is 23.5 Å². The van der Waals surface area contributed by atoms with E-state index >= 15 is 0 Å². The molecule has 0 spiro atoms. The Morgan fingerprint density at radius 1 is 1.26 bits per heavy atom. The van der Waals surface area contributed by atoms with E-state index in [2.05, 4.69) is 4.98 Å². The van der Waals surface area contributed by atoms with Crippen LogP contribution in [-0.4, -0.2) is 30.1 Å². The smallest absolute Gasteiger partial charge is 0.326 e. The van der Waals surface area contributed by atoms with Crippen LogP contribution in [0.5, 0.6) is 0 Å². The molecule has 5 nitrogen and oxygen atoms in total. The molecule has 1 heterocycles. The lowest BCUT2D eigenvalue weighted by atomic mass is 10.1. The fourth-order valence-electron chi connectivity index (χ4n) is 1.42. The fourth-order valence-corrected chi connectivity index (χ4v) is 1.62. The van der Waals surface area contributed by atoms with Gasteiger partial charge in [0.05, 0.1) is 18.9 Å². The molecular weight excluding hydrogens is 277 g/mol. The number of carbonyl (C=O) groups excluding carboxylic acids is 2. The van der Waals surface area contributed by atoms with Gasteiger partial charge in [-0.3, -0.25) is 9.59 Å². The van der Waals surface area contributed by atoms with Gasteiger partial charge >= 0.3 is 11.9 Å². The summed E-state index contributed by atoms with van der Waals surface area (Å²) in [5, 5.41) is 0.0288. The molecule has 1 aromatic heterocycles. The number of ether oxygens (including phenoxy) is 2. The lowest BCUT2D eigenvalue weighted by molar-refractivity contribution is -0.157. The molecule has 0 unspecified atom stereocenters. The van der Waals surface area contributed by atoms with E-state index in [0.29, 0.717) is 0 Å². The summed E-state index contributed by atoms with van der Waals surface area (Å²) < 4.78 is 22.7. The summed E-state index contributed by atoms with van der Waals surface area (Å²) in [6.45, 7) is 3.34. The van der Waals surface area contributed by atoms with Crippen molar-refractivity contribution in [2.75, 3.05) is 13.2 Å². The third-order valence-electron chi connectivity index (χ3n) is 2.12. The van der Waals surface area contributed by atoms with Crippen molar-refractivity contribution < 1.29 is 23.5 Å². The second-order valence-corrected chi connectivity index (χ2v) is 3.91. The van der Waals surface area contributed by atoms with Crippen LogP contribution in [0.25, 0.3) is 0 Å². The molecule has 0 aromatic carbocycles. The summed E-state index contributed by atoms with van der Waals surface area (Å²) in [7, 11) is 0. The maximum atomic E-state index is 13.2. The second-order valence-electron chi connectivity index (χ2n) is 3.47. The van der Waals surface area contributed by atoms with E-state index in [9.17, 15) is 14.0 Å². The van der Waals surface area contributed by atoms with E-state index in [1.54, 1.807) is 13.8 Å². The molecule has 0 atom stereocenters. The van der Waals surface area contributed by atoms with E-state index in [1.807, 2.05) is 0 Å². The van der Waals surface area contributed by atoms with Crippen molar-refractivity contribution in [2.45, 2.75) is 19.8 Å². The maximum absolute atomic E-state index is 13.2. The summed E-state index contributed by atoms with van der Waals surface area (Å²) in [6, 6.07) is 2.20. The van der Waals surface area contributed by atoms with Gasteiger partial charge in [-0.25, -0.2) is 4.98 Å². The van der Waals surface area contributed by atoms with Crippen molar-refractivity contribution in [3.05, 3.63) is 28.8 Å². The zero-order valence-electron chi connectivity index (χ0n) is 10.5. The maximum Gasteiger partial charge on any atom is 0.326 e. The van der Waals surface area contributed by atoms with Crippen LogP contribution in [0.15, 0.2) is 12.1 Å². The van der Waals surface area contributed by atoms with Crippen LogP contribution in [0.1, 0.15) is 25.5 Å². The van der Waals surface area contributed by atoms with E-state index in [4.69, 9.17) is 21.1 Å². The minimum absolute atomic E-state index is 0.0288. The van der Waals surface area contributed by atoms with E-state index < -0.39 is 23.8 Å². The summed E-state index contributed by atoms with van der Waals surface area (Å²) >= 11 is 5.67. The fraction of sp³-hybridized carbons (Fsp3) is 0.417. The monoisotopic (exact) mass is 289 g/mol. The average molecular weight is 290 g/mol. The molecule has 0 radical (unpaired) electrons. The minimum Gasteiger partial charge on any atom is -0.465 e. The van der Waals surface area contributed by atoms with Crippen molar-refractivity contribution in [3.8, 4) is 0 Å². The molecule has 0 amide bonds. The molecular formula is C12H13ClFNO4. The summed E-state index contributed by atoms with van der Waals surface area (Å²) in [5.41, 5.74) is -0.137. The number of hydrogen-bond acceptors (Lipinski definition) is 5. The highest BCUT2D eigenvalue weighted by Crippen LogP contribution is 2.21. The number of aromatic nitrogens is 1. The standard InChI is InChI=1S/C12H13ClFNO4/c1-3-18-11(16)10(12(17)19-4-2)8-5-7(13)6-9(14)15-8/h5-6,10H,3-4H2,1-2H3. The molecule has 1 aromatic rings. The van der Waals surface area contributed by atoms with Crippen LogP contribution in [-0.2, 0) is 19.1 Å². The predicted octanol–water partition coefficient (Wildman–Crippen LogP) is 2.08. The van der Waals surface area contributed by atoms with E-state index in [-0.39, 0.29) is 23.9 Å². The highest BCUT2D eigenvalue weighted by molar-refractivity contribution is 6.30. The third kappa shape index (κ3) is 4.17. The van der Waals surface area contributed by atoms with Gasteiger partial charge in [0.25, 0.3) is 0 Å². The van der Waals surface area contributed by atoms with Crippen LogP contribution in [0.4, 0.5) is 4.39 Å². The highest BCUT2D eigenvalue weighted by Gasteiger charge is 2.33. The Labute approximate surface area is 114 Å². The Bertz CT molecular complexity index is 443. The van der Waals surface area contributed by atoms with Crippen molar-refractivity contribution in [2.24, 2.45) is 0 Å². The van der Waals surface area contributed by atoms with Crippen LogP contribution in [0.3, 0.4) is 0 Å². The molecule has 0 saturated carbocycles. The molecule has 104 valence electrons. The van der Waals surface area contributed by atoms with Gasteiger partial charge in [0.2, 0.25) is 5.95 Å². The summed E-state index contributed by atoms with van der Waals surface area (Å²) in [4.78, 5) is 27.0. The van der Waals surface area contributed by atoms with Gasteiger partial charge in [-0.1, -0.05) is 11.6 Å². The Kier molecular flexibility index (Phi) is 5.69. The third-order valence-corrected chi connectivity index (χ3v) is 2.34. The van der Waals surface area contributed by atoms with Gasteiger partial charge < -0.3 is 9.47 Å². The average Bonchev–Trinajstić information content (AvgIpc) is 2.28. The van der Waals surface area contributed by atoms with Gasteiger partial charge in [-0.05, 0) is 19.9 Å². The molecule has 7 heteroatoms. The molecule has 0 aliphatic carbocycles. The van der Waals surface area contributed by atoms with Crippen LogP contribution in [0.2, 0.25) is 5.02 Å². The lowest BCUT2D eigenvalue weighted by Gasteiger charge is -2.14. The van der Waals surface area contributed by atoms with Gasteiger partial charge in [0, 0.05) is 11.1 Å². The second kappa shape index (κ2) is 7.04. The molecule has 0 aliphatic heterocycles. The molecule has 19 heavy (non-hydrogen) atoms. The van der Waals surface area contributed by atoms with E-state index in [1.165, 1.54) is 6.07 Å².